The third-order valence-corrected chi connectivity index (χ3v) is 4.90. The summed E-state index contributed by atoms with van der Waals surface area (Å²) < 4.78 is 1.91. The van der Waals surface area contributed by atoms with Crippen molar-refractivity contribution in [3.63, 3.8) is 0 Å². The molecule has 1 unspecified atom stereocenters. The van der Waals surface area contributed by atoms with E-state index in [0.29, 0.717) is 6.54 Å². The van der Waals surface area contributed by atoms with Gasteiger partial charge in [-0.3, -0.25) is 9.48 Å². The monoisotopic (exact) mass is 360 g/mol. The zero-order chi connectivity index (χ0) is 18.2. The number of hydrogen-bond acceptors (Lipinski definition) is 4. The van der Waals surface area contributed by atoms with Crippen molar-refractivity contribution in [2.75, 3.05) is 25.6 Å². The predicted molar refractivity (Wildman–Crippen MR) is 106 cm³/mol. The molecule has 6 heteroatoms. The fraction of sp³-hybridized carbons (Fsp3) is 0.474. The first-order chi connectivity index (χ1) is 12.0. The van der Waals surface area contributed by atoms with Gasteiger partial charge >= 0.3 is 0 Å². The van der Waals surface area contributed by atoms with Crippen LogP contribution in [0.2, 0.25) is 0 Å². The first kappa shape index (κ1) is 19.5. The number of benzene rings is 1. The molecule has 0 spiro atoms. The van der Waals surface area contributed by atoms with E-state index in [1.807, 2.05) is 43.2 Å². The molecule has 1 atom stereocenters. The SMILES string of the molecule is CSCCC(N)C(=O)N(C)CCCc1cc(-c2ccccc2)n(C)n1. The van der Waals surface area contributed by atoms with E-state index in [1.54, 1.807) is 16.7 Å². The first-order valence-corrected chi connectivity index (χ1v) is 10.00. The van der Waals surface area contributed by atoms with Crippen molar-refractivity contribution in [1.29, 1.82) is 0 Å². The molecule has 25 heavy (non-hydrogen) atoms. The Hall–Kier alpha value is -1.79. The lowest BCUT2D eigenvalue weighted by Crippen LogP contribution is -2.42. The number of amides is 1. The highest BCUT2D eigenvalue weighted by atomic mass is 32.2. The molecule has 0 fully saturated rings. The van der Waals surface area contributed by atoms with Crippen molar-refractivity contribution in [2.24, 2.45) is 12.8 Å². The molecule has 0 aliphatic rings. The van der Waals surface area contributed by atoms with Crippen molar-refractivity contribution >= 4 is 17.7 Å². The van der Waals surface area contributed by atoms with Crippen LogP contribution in [0.4, 0.5) is 0 Å². The topological polar surface area (TPSA) is 64.2 Å². The standard InChI is InChI=1S/C19H28N4OS/c1-22(19(24)17(20)11-13-25-3)12-7-10-16-14-18(23(2)21-16)15-8-5-4-6-9-15/h4-6,8-9,14,17H,7,10-13,20H2,1-3H3. The summed E-state index contributed by atoms with van der Waals surface area (Å²) >= 11 is 1.71. The van der Waals surface area contributed by atoms with Crippen molar-refractivity contribution in [3.05, 3.63) is 42.1 Å². The van der Waals surface area contributed by atoms with Gasteiger partial charge in [-0.15, -0.1) is 0 Å². The van der Waals surface area contributed by atoms with Gasteiger partial charge in [0.15, 0.2) is 0 Å². The van der Waals surface area contributed by atoms with Gasteiger partial charge < -0.3 is 10.6 Å². The molecule has 0 saturated carbocycles. The predicted octanol–water partition coefficient (Wildman–Crippen LogP) is 2.56. The molecule has 1 amide bonds. The van der Waals surface area contributed by atoms with Crippen molar-refractivity contribution in [2.45, 2.75) is 25.3 Å². The van der Waals surface area contributed by atoms with Crippen LogP contribution in [0.15, 0.2) is 36.4 Å². The van der Waals surface area contributed by atoms with Crippen molar-refractivity contribution < 1.29 is 4.79 Å². The molecular formula is C19H28N4OS. The zero-order valence-corrected chi connectivity index (χ0v) is 16.1. The summed E-state index contributed by atoms with van der Waals surface area (Å²) in [6, 6.07) is 12.0. The smallest absolute Gasteiger partial charge is 0.239 e. The van der Waals surface area contributed by atoms with E-state index in [9.17, 15) is 4.79 Å². The van der Waals surface area contributed by atoms with Gasteiger partial charge in [-0.25, -0.2) is 0 Å². The average Bonchev–Trinajstić information content (AvgIpc) is 3.00. The molecule has 2 N–H and O–H groups in total. The van der Waals surface area contributed by atoms with Crippen LogP contribution < -0.4 is 5.73 Å². The number of rotatable bonds is 9. The summed E-state index contributed by atoms with van der Waals surface area (Å²) in [6.45, 7) is 0.697. The number of thioether (sulfide) groups is 1. The third-order valence-electron chi connectivity index (χ3n) is 4.25. The zero-order valence-electron chi connectivity index (χ0n) is 15.3. The maximum absolute atomic E-state index is 12.2. The van der Waals surface area contributed by atoms with Gasteiger partial charge in [0.25, 0.3) is 0 Å². The number of carbonyl (C=O) groups is 1. The van der Waals surface area contributed by atoms with Crippen LogP contribution in [0.3, 0.4) is 0 Å². The number of aryl methyl sites for hydroxylation is 2. The molecule has 0 bridgehead atoms. The normalized spacial score (nSPS) is 12.2. The Morgan fingerprint density at radius 1 is 1.36 bits per heavy atom. The second kappa shape index (κ2) is 9.63. The molecule has 0 radical (unpaired) electrons. The van der Waals surface area contributed by atoms with Crippen LogP contribution in [0.1, 0.15) is 18.5 Å². The molecule has 1 aromatic heterocycles. The van der Waals surface area contributed by atoms with Gasteiger partial charge in [0.2, 0.25) is 5.91 Å². The number of carbonyl (C=O) groups excluding carboxylic acids is 1. The number of nitrogens with zero attached hydrogens (tertiary/aromatic N) is 3. The lowest BCUT2D eigenvalue weighted by molar-refractivity contribution is -0.131. The molecule has 1 heterocycles. The molecule has 0 aliphatic carbocycles. The number of aromatic nitrogens is 2. The Morgan fingerprint density at radius 2 is 2.08 bits per heavy atom. The highest BCUT2D eigenvalue weighted by Crippen LogP contribution is 2.20. The van der Waals surface area contributed by atoms with Gasteiger partial charge in [-0.05, 0) is 42.9 Å². The maximum atomic E-state index is 12.2. The summed E-state index contributed by atoms with van der Waals surface area (Å²) in [5.41, 5.74) is 9.28. The highest BCUT2D eigenvalue weighted by Gasteiger charge is 2.17. The Balaban J connectivity index is 1.85. The Bertz CT molecular complexity index is 671. The summed E-state index contributed by atoms with van der Waals surface area (Å²) in [7, 11) is 3.79. The lowest BCUT2D eigenvalue weighted by Gasteiger charge is -2.21. The molecule has 0 aliphatic heterocycles. The summed E-state index contributed by atoms with van der Waals surface area (Å²) in [5.74, 6) is 0.941. The number of nitrogens with two attached hydrogens (primary N) is 1. The van der Waals surface area contributed by atoms with Gasteiger partial charge in [0, 0.05) is 20.6 Å². The molecule has 2 rings (SSSR count). The minimum Gasteiger partial charge on any atom is -0.344 e. The fourth-order valence-electron chi connectivity index (χ4n) is 2.79. The largest absolute Gasteiger partial charge is 0.344 e. The highest BCUT2D eigenvalue weighted by molar-refractivity contribution is 7.98. The third kappa shape index (κ3) is 5.61. The van der Waals surface area contributed by atoms with Crippen LogP contribution in [-0.4, -0.2) is 52.2 Å². The van der Waals surface area contributed by atoms with E-state index in [4.69, 9.17) is 5.73 Å². The quantitative estimate of drug-likeness (QED) is 0.746. The van der Waals surface area contributed by atoms with Gasteiger partial charge in [0.1, 0.15) is 0 Å². The minimum absolute atomic E-state index is 0.0278. The van der Waals surface area contributed by atoms with Gasteiger partial charge in [0.05, 0.1) is 17.4 Å². The number of likely N-dealkylation sites (N-methyl/N-ethyl adjacent to an activating group) is 1. The van der Waals surface area contributed by atoms with Crippen molar-refractivity contribution in [3.8, 4) is 11.3 Å². The van der Waals surface area contributed by atoms with Crippen LogP contribution >= 0.6 is 11.8 Å². The average molecular weight is 361 g/mol. The summed E-state index contributed by atoms with van der Waals surface area (Å²) in [6.07, 6.45) is 4.48. The van der Waals surface area contributed by atoms with E-state index < -0.39 is 6.04 Å². The molecule has 0 saturated heterocycles. The second-order valence-corrected chi connectivity index (χ2v) is 7.25. The minimum atomic E-state index is -0.392. The number of hydrogen-bond donors (Lipinski definition) is 1. The first-order valence-electron chi connectivity index (χ1n) is 8.60. The van der Waals surface area contributed by atoms with Gasteiger partial charge in [-0.1, -0.05) is 30.3 Å². The van der Waals surface area contributed by atoms with E-state index in [0.717, 1.165) is 42.0 Å². The van der Waals surface area contributed by atoms with E-state index in [-0.39, 0.29) is 5.91 Å². The lowest BCUT2D eigenvalue weighted by atomic mass is 10.1. The Morgan fingerprint density at radius 3 is 2.76 bits per heavy atom. The Kier molecular flexibility index (Phi) is 7.52. The van der Waals surface area contributed by atoms with Crippen LogP contribution in [0.5, 0.6) is 0 Å². The second-order valence-electron chi connectivity index (χ2n) is 6.26. The van der Waals surface area contributed by atoms with Crippen LogP contribution in [0, 0.1) is 0 Å². The van der Waals surface area contributed by atoms with Gasteiger partial charge in [-0.2, -0.15) is 16.9 Å². The molecule has 2 aromatic rings. The van der Waals surface area contributed by atoms with Crippen LogP contribution in [-0.2, 0) is 18.3 Å². The fourth-order valence-corrected chi connectivity index (χ4v) is 3.28. The molecular weight excluding hydrogens is 332 g/mol. The van der Waals surface area contributed by atoms with E-state index >= 15 is 0 Å². The van der Waals surface area contributed by atoms with E-state index in [1.165, 1.54) is 0 Å². The molecule has 1 aromatic carbocycles. The Labute approximate surface area is 154 Å². The van der Waals surface area contributed by atoms with Crippen molar-refractivity contribution in [1.82, 2.24) is 14.7 Å². The molecule has 5 nitrogen and oxygen atoms in total. The molecule has 136 valence electrons. The maximum Gasteiger partial charge on any atom is 0.239 e. The van der Waals surface area contributed by atoms with Crippen LogP contribution in [0.25, 0.3) is 11.3 Å². The summed E-state index contributed by atoms with van der Waals surface area (Å²) in [4.78, 5) is 13.9. The summed E-state index contributed by atoms with van der Waals surface area (Å²) in [5, 5.41) is 4.59. The van der Waals surface area contributed by atoms with E-state index in [2.05, 4.69) is 23.3 Å².